The number of benzene rings is 2. The van der Waals surface area contributed by atoms with Crippen LogP contribution in [0, 0.1) is 5.82 Å². The van der Waals surface area contributed by atoms with Crippen molar-refractivity contribution in [2.24, 2.45) is 0 Å². The van der Waals surface area contributed by atoms with Crippen LogP contribution in [0.4, 0.5) is 28.4 Å². The number of thiazole rings is 1. The molecule has 2 aromatic carbocycles. The normalized spacial score (nSPS) is 20.7. The fraction of sp³-hybridized carbons (Fsp3) is 0.375. The molecule has 200 valence electrons. The molecular weight excluding hydrogens is 552 g/mol. The summed E-state index contributed by atoms with van der Waals surface area (Å²) in [4.78, 5) is 5.23. The molecule has 0 bridgehead atoms. The molecule has 6 nitrogen and oxygen atoms in total. The fourth-order valence-corrected chi connectivity index (χ4v) is 6.85. The van der Waals surface area contributed by atoms with Gasteiger partial charge in [0.15, 0.2) is 5.13 Å². The number of nitrogens with one attached hydrogen (secondary N) is 2. The molecule has 1 aliphatic carbocycles. The average molecular weight is 577 g/mol. The van der Waals surface area contributed by atoms with Crippen molar-refractivity contribution >= 4 is 43.8 Å². The first kappa shape index (κ1) is 27.6. The number of hydrogen-bond donors (Lipinski definition) is 2. The van der Waals surface area contributed by atoms with Gasteiger partial charge in [-0.2, -0.15) is 13.2 Å². The van der Waals surface area contributed by atoms with Gasteiger partial charge < -0.3 is 10.2 Å². The van der Waals surface area contributed by atoms with E-state index >= 15 is 4.39 Å². The Morgan fingerprint density at radius 2 is 1.92 bits per heavy atom. The van der Waals surface area contributed by atoms with Gasteiger partial charge in [0.25, 0.3) is 10.0 Å². The van der Waals surface area contributed by atoms with Gasteiger partial charge in [0.2, 0.25) is 0 Å². The Kier molecular flexibility index (Phi) is 8.03. The quantitative estimate of drug-likeness (QED) is 0.317. The minimum Gasteiger partial charge on any atom is -0.379 e. The first-order valence-electron chi connectivity index (χ1n) is 11.4. The van der Waals surface area contributed by atoms with Gasteiger partial charge in [-0.05, 0) is 63.0 Å². The molecule has 0 amide bonds. The summed E-state index contributed by atoms with van der Waals surface area (Å²) in [7, 11) is -0.471. The van der Waals surface area contributed by atoms with Crippen LogP contribution < -0.4 is 10.0 Å². The second-order valence-electron chi connectivity index (χ2n) is 9.12. The van der Waals surface area contributed by atoms with E-state index in [9.17, 15) is 21.6 Å². The van der Waals surface area contributed by atoms with Gasteiger partial charge in [0.1, 0.15) is 10.7 Å². The minimum atomic E-state index is -4.43. The topological polar surface area (TPSA) is 74.3 Å². The highest BCUT2D eigenvalue weighted by Gasteiger charge is 2.35. The van der Waals surface area contributed by atoms with Crippen LogP contribution in [0.2, 0.25) is 5.02 Å². The van der Waals surface area contributed by atoms with Gasteiger partial charge >= 0.3 is 6.18 Å². The third-order valence-electron chi connectivity index (χ3n) is 6.47. The zero-order valence-corrected chi connectivity index (χ0v) is 22.3. The summed E-state index contributed by atoms with van der Waals surface area (Å²) >= 11 is 7.44. The van der Waals surface area contributed by atoms with E-state index in [1.165, 1.54) is 18.3 Å². The van der Waals surface area contributed by atoms with Crippen molar-refractivity contribution in [1.82, 2.24) is 9.88 Å². The summed E-state index contributed by atoms with van der Waals surface area (Å²) in [5.74, 6) is -1.15. The molecule has 1 aromatic heterocycles. The highest BCUT2D eigenvalue weighted by molar-refractivity contribution is 7.93. The van der Waals surface area contributed by atoms with Crippen molar-refractivity contribution in [3.8, 4) is 0 Å². The number of likely N-dealkylation sites (N-methyl/N-ethyl adjacent to an activating group) is 1. The molecule has 0 unspecified atom stereocenters. The highest BCUT2D eigenvalue weighted by Crippen LogP contribution is 2.39. The second-order valence-corrected chi connectivity index (χ2v) is 12.1. The average Bonchev–Trinajstić information content (AvgIpc) is 3.32. The summed E-state index contributed by atoms with van der Waals surface area (Å²) in [6, 6.07) is 7.10. The molecule has 2 N–H and O–H groups in total. The van der Waals surface area contributed by atoms with E-state index in [4.69, 9.17) is 11.6 Å². The Morgan fingerprint density at radius 1 is 1.16 bits per heavy atom. The number of alkyl halides is 3. The minimum absolute atomic E-state index is 0.000359. The van der Waals surface area contributed by atoms with Crippen LogP contribution in [-0.2, 0) is 16.2 Å². The first-order chi connectivity index (χ1) is 17.3. The lowest BCUT2D eigenvalue weighted by atomic mass is 9.78. The molecule has 0 radical (unpaired) electrons. The molecule has 3 atom stereocenters. The molecule has 1 heterocycles. The number of rotatable bonds is 7. The zero-order valence-electron chi connectivity index (χ0n) is 19.9. The van der Waals surface area contributed by atoms with Crippen LogP contribution in [0.5, 0.6) is 0 Å². The van der Waals surface area contributed by atoms with Crippen LogP contribution in [0.3, 0.4) is 0 Å². The summed E-state index contributed by atoms with van der Waals surface area (Å²) in [5.41, 5.74) is 0.0947. The summed E-state index contributed by atoms with van der Waals surface area (Å²) in [6.45, 7) is 0. The van der Waals surface area contributed by atoms with Crippen LogP contribution in [0.25, 0.3) is 0 Å². The van der Waals surface area contributed by atoms with Crippen molar-refractivity contribution in [3.63, 3.8) is 0 Å². The fourth-order valence-electron chi connectivity index (χ4n) is 4.69. The van der Waals surface area contributed by atoms with E-state index in [1.807, 2.05) is 19.0 Å². The van der Waals surface area contributed by atoms with Crippen LogP contribution >= 0.6 is 22.9 Å². The van der Waals surface area contributed by atoms with Crippen molar-refractivity contribution in [3.05, 3.63) is 69.9 Å². The molecule has 0 saturated heterocycles. The Balaban J connectivity index is 1.59. The van der Waals surface area contributed by atoms with E-state index in [-0.39, 0.29) is 33.8 Å². The summed E-state index contributed by atoms with van der Waals surface area (Å²) in [6.07, 6.45) is -1.17. The van der Waals surface area contributed by atoms with Gasteiger partial charge in [-0.15, -0.1) is 11.3 Å². The van der Waals surface area contributed by atoms with Gasteiger partial charge in [0, 0.05) is 23.7 Å². The second kappa shape index (κ2) is 10.8. The molecule has 37 heavy (non-hydrogen) atoms. The zero-order chi connectivity index (χ0) is 27.0. The molecule has 1 saturated carbocycles. The molecule has 0 spiro atoms. The number of nitrogens with zero attached hydrogens (tertiary/aromatic N) is 2. The number of aromatic nitrogens is 1. The Morgan fingerprint density at radius 3 is 2.57 bits per heavy atom. The summed E-state index contributed by atoms with van der Waals surface area (Å²) in [5, 5.41) is 4.90. The predicted octanol–water partition coefficient (Wildman–Crippen LogP) is 6.43. The predicted molar refractivity (Wildman–Crippen MR) is 137 cm³/mol. The maximum Gasteiger partial charge on any atom is 0.416 e. The van der Waals surface area contributed by atoms with Gasteiger partial charge in [-0.3, -0.25) is 4.72 Å². The van der Waals surface area contributed by atoms with Gasteiger partial charge in [-0.1, -0.05) is 29.8 Å². The van der Waals surface area contributed by atoms with E-state index in [0.717, 1.165) is 29.5 Å². The lowest BCUT2D eigenvalue weighted by Crippen LogP contribution is -2.47. The molecule has 1 aliphatic rings. The third-order valence-corrected chi connectivity index (χ3v) is 8.95. The Hall–Kier alpha value is -2.41. The maximum atomic E-state index is 15.0. The van der Waals surface area contributed by atoms with Crippen LogP contribution in [0.1, 0.15) is 36.3 Å². The lowest BCUT2D eigenvalue weighted by molar-refractivity contribution is -0.137. The molecule has 0 aliphatic heterocycles. The molecule has 13 heteroatoms. The lowest BCUT2D eigenvalue weighted by Gasteiger charge is -2.41. The SMILES string of the molecule is CN(C)[C@@H]1CC[C@@H](c2cccc(C(F)(F)F)c2)C[C@H]1Nc1cc(F)c(S(=O)(=O)Nc2nccs2)cc1Cl. The molecular formula is C24H25ClF4N4O2S2. The third kappa shape index (κ3) is 6.36. The van der Waals surface area contributed by atoms with E-state index in [0.29, 0.717) is 24.8 Å². The Labute approximate surface area is 221 Å². The van der Waals surface area contributed by atoms with Crippen molar-refractivity contribution in [2.75, 3.05) is 24.1 Å². The van der Waals surface area contributed by atoms with Crippen LogP contribution in [0.15, 0.2) is 52.9 Å². The number of hydrogen-bond acceptors (Lipinski definition) is 6. The standard InChI is InChI=1S/C24H25ClF4N4O2S2/c1-33(2)21-7-6-15(14-4-3-5-16(10-14)24(27,28)29)11-20(21)31-19-13-18(26)22(12-17(19)25)37(34,35)32-23-30-8-9-36-23/h3-5,8-10,12-13,15,20-21,31H,6-7,11H2,1-2H3,(H,30,32)/t15-,20-,21-/m1/s1. The summed E-state index contributed by atoms with van der Waals surface area (Å²) < 4.78 is 82.3. The number of anilines is 2. The molecule has 1 fully saturated rings. The highest BCUT2D eigenvalue weighted by atomic mass is 35.5. The van der Waals surface area contributed by atoms with E-state index in [1.54, 1.807) is 11.4 Å². The van der Waals surface area contributed by atoms with Crippen molar-refractivity contribution in [1.29, 1.82) is 0 Å². The maximum absolute atomic E-state index is 15.0. The van der Waals surface area contributed by atoms with E-state index in [2.05, 4.69) is 15.0 Å². The monoisotopic (exact) mass is 576 g/mol. The number of sulfonamides is 1. The molecule has 4 rings (SSSR count). The van der Waals surface area contributed by atoms with Gasteiger partial charge in [-0.25, -0.2) is 17.8 Å². The van der Waals surface area contributed by atoms with E-state index < -0.39 is 32.5 Å². The van der Waals surface area contributed by atoms with Crippen LogP contribution in [-0.4, -0.2) is 44.5 Å². The smallest absolute Gasteiger partial charge is 0.379 e. The first-order valence-corrected chi connectivity index (χ1v) is 14.1. The van der Waals surface area contributed by atoms with Crippen molar-refractivity contribution in [2.45, 2.75) is 48.3 Å². The Bertz CT molecular complexity index is 1350. The number of halogens is 5. The van der Waals surface area contributed by atoms with Crippen molar-refractivity contribution < 1.29 is 26.0 Å². The largest absolute Gasteiger partial charge is 0.416 e. The van der Waals surface area contributed by atoms with Gasteiger partial charge in [0.05, 0.1) is 16.3 Å². The molecule has 3 aromatic rings.